The van der Waals surface area contributed by atoms with Gasteiger partial charge in [0, 0.05) is 21.7 Å². The number of nitrogens with zero attached hydrogens (tertiary/aromatic N) is 2. The second kappa shape index (κ2) is 7.03. The van der Waals surface area contributed by atoms with Gasteiger partial charge >= 0.3 is 0 Å². The van der Waals surface area contributed by atoms with Crippen molar-refractivity contribution in [1.29, 1.82) is 0 Å². The highest BCUT2D eigenvalue weighted by Crippen LogP contribution is 2.36. The molecule has 3 rings (SSSR count). The summed E-state index contributed by atoms with van der Waals surface area (Å²) in [5.74, 6) is 1.63. The van der Waals surface area contributed by atoms with E-state index in [1.165, 1.54) is 22.2 Å². The van der Waals surface area contributed by atoms with Gasteiger partial charge in [0.1, 0.15) is 15.7 Å². The first-order valence-corrected chi connectivity index (χ1v) is 9.76. The second-order valence-corrected chi connectivity index (χ2v) is 8.25. The minimum absolute atomic E-state index is 0.128. The predicted molar refractivity (Wildman–Crippen MR) is 102 cm³/mol. The number of hydrogen-bond acceptors (Lipinski definition) is 5. The number of hydrogen-bond donors (Lipinski definition) is 0. The highest BCUT2D eigenvalue weighted by Gasteiger charge is 2.17. The molecule has 0 saturated carbocycles. The van der Waals surface area contributed by atoms with Crippen molar-refractivity contribution in [2.75, 3.05) is 5.75 Å². The van der Waals surface area contributed by atoms with Crippen molar-refractivity contribution in [3.8, 4) is 0 Å². The van der Waals surface area contributed by atoms with E-state index in [1.807, 2.05) is 30.3 Å². The highest BCUT2D eigenvalue weighted by atomic mass is 32.2. The monoisotopic (exact) mass is 356 g/mol. The van der Waals surface area contributed by atoms with Crippen LogP contribution in [0.5, 0.6) is 0 Å². The van der Waals surface area contributed by atoms with Gasteiger partial charge in [0.2, 0.25) is 0 Å². The largest absolute Gasteiger partial charge is 0.293 e. The summed E-state index contributed by atoms with van der Waals surface area (Å²) in [7, 11) is 0. The number of aromatic nitrogens is 2. The first kappa shape index (κ1) is 17.1. The quantitative estimate of drug-likeness (QED) is 0.348. The van der Waals surface area contributed by atoms with Gasteiger partial charge in [-0.15, -0.1) is 11.3 Å². The molecule has 0 amide bonds. The van der Waals surface area contributed by atoms with Crippen LogP contribution >= 0.6 is 23.1 Å². The van der Waals surface area contributed by atoms with E-state index in [0.717, 1.165) is 26.6 Å². The molecule has 124 valence electrons. The van der Waals surface area contributed by atoms with E-state index >= 15 is 0 Å². The lowest BCUT2D eigenvalue weighted by molar-refractivity contribution is 0.102. The smallest absolute Gasteiger partial charge is 0.173 e. The van der Waals surface area contributed by atoms with E-state index in [4.69, 9.17) is 9.97 Å². The summed E-state index contributed by atoms with van der Waals surface area (Å²) in [4.78, 5) is 24.1. The molecule has 0 aliphatic carbocycles. The molecule has 0 N–H and O–H groups in total. The molecule has 0 aliphatic heterocycles. The summed E-state index contributed by atoms with van der Waals surface area (Å²) in [5.41, 5.74) is 1.97. The van der Waals surface area contributed by atoms with E-state index in [9.17, 15) is 4.79 Å². The van der Waals surface area contributed by atoms with Crippen LogP contribution < -0.4 is 0 Å². The second-order valence-electron chi connectivity index (χ2n) is 6.08. The summed E-state index contributed by atoms with van der Waals surface area (Å²) in [5, 5.41) is 2.03. The zero-order valence-electron chi connectivity index (χ0n) is 14.3. The van der Waals surface area contributed by atoms with Crippen LogP contribution in [-0.4, -0.2) is 21.5 Å². The van der Waals surface area contributed by atoms with Crippen LogP contribution in [0.3, 0.4) is 0 Å². The SMILES string of the molecule is Cc1sc2nc(C(C)C)nc(SCC(=O)c3ccccc3)c2c1C. The number of aryl methyl sites for hydroxylation is 2. The van der Waals surface area contributed by atoms with E-state index < -0.39 is 0 Å². The average molecular weight is 357 g/mol. The Morgan fingerprint density at radius 3 is 2.54 bits per heavy atom. The minimum Gasteiger partial charge on any atom is -0.293 e. The Morgan fingerprint density at radius 2 is 1.88 bits per heavy atom. The van der Waals surface area contributed by atoms with Crippen molar-refractivity contribution in [2.24, 2.45) is 0 Å². The predicted octanol–water partition coefficient (Wildman–Crippen LogP) is 5.41. The standard InChI is InChI=1S/C19H20N2OS2/c1-11(2)17-20-18(16-12(3)13(4)24-19(16)21-17)23-10-15(22)14-8-6-5-7-9-14/h5-9,11H,10H2,1-4H3. The molecule has 1 aromatic carbocycles. The fraction of sp³-hybridized carbons (Fsp3) is 0.316. The van der Waals surface area contributed by atoms with Crippen molar-refractivity contribution < 1.29 is 4.79 Å². The maximum absolute atomic E-state index is 12.4. The molecule has 2 heterocycles. The van der Waals surface area contributed by atoms with Gasteiger partial charge in [-0.25, -0.2) is 9.97 Å². The first-order valence-electron chi connectivity index (χ1n) is 7.96. The normalized spacial score (nSPS) is 11.4. The molecule has 0 spiro atoms. The van der Waals surface area contributed by atoms with Crippen molar-refractivity contribution in [3.05, 3.63) is 52.2 Å². The Kier molecular flexibility index (Phi) is 5.01. The number of thiophene rings is 1. The van der Waals surface area contributed by atoms with Crippen LogP contribution in [0.4, 0.5) is 0 Å². The summed E-state index contributed by atoms with van der Waals surface area (Å²) in [6.45, 7) is 8.41. The first-order chi connectivity index (χ1) is 11.5. The number of carbonyl (C=O) groups excluding carboxylic acids is 1. The number of rotatable bonds is 5. The van der Waals surface area contributed by atoms with Crippen LogP contribution in [0.15, 0.2) is 35.4 Å². The number of fused-ring (bicyclic) bond motifs is 1. The van der Waals surface area contributed by atoms with E-state index in [0.29, 0.717) is 5.75 Å². The third-order valence-electron chi connectivity index (χ3n) is 3.96. The number of thioether (sulfide) groups is 1. The van der Waals surface area contributed by atoms with Gasteiger partial charge in [0.25, 0.3) is 0 Å². The van der Waals surface area contributed by atoms with E-state index in [-0.39, 0.29) is 11.7 Å². The van der Waals surface area contributed by atoms with Crippen LogP contribution in [0.2, 0.25) is 0 Å². The van der Waals surface area contributed by atoms with Crippen LogP contribution in [0.25, 0.3) is 10.2 Å². The minimum atomic E-state index is 0.128. The van der Waals surface area contributed by atoms with Crippen LogP contribution in [-0.2, 0) is 0 Å². The number of ketones is 1. The lowest BCUT2D eigenvalue weighted by Gasteiger charge is -2.08. The Balaban J connectivity index is 1.94. The fourth-order valence-electron chi connectivity index (χ4n) is 2.43. The molecule has 0 saturated heterocycles. The Hall–Kier alpha value is -1.72. The van der Waals surface area contributed by atoms with Gasteiger partial charge < -0.3 is 0 Å². The zero-order chi connectivity index (χ0) is 17.3. The number of benzene rings is 1. The average Bonchev–Trinajstić information content (AvgIpc) is 2.87. The van der Waals surface area contributed by atoms with Gasteiger partial charge in [-0.1, -0.05) is 55.9 Å². The molecule has 0 aliphatic rings. The van der Waals surface area contributed by atoms with E-state index in [1.54, 1.807) is 11.3 Å². The Labute approximate surface area is 150 Å². The van der Waals surface area contributed by atoms with Crippen molar-refractivity contribution >= 4 is 39.1 Å². The summed E-state index contributed by atoms with van der Waals surface area (Å²) in [6.07, 6.45) is 0. The molecule has 0 radical (unpaired) electrons. The van der Waals surface area contributed by atoms with Gasteiger partial charge in [-0.2, -0.15) is 0 Å². The molecule has 24 heavy (non-hydrogen) atoms. The molecular formula is C19H20N2OS2. The summed E-state index contributed by atoms with van der Waals surface area (Å²) >= 11 is 3.22. The lowest BCUT2D eigenvalue weighted by Crippen LogP contribution is -2.04. The molecule has 3 aromatic rings. The third kappa shape index (κ3) is 3.37. The van der Waals surface area contributed by atoms with Crippen molar-refractivity contribution in [2.45, 2.75) is 38.6 Å². The molecule has 3 nitrogen and oxygen atoms in total. The highest BCUT2D eigenvalue weighted by molar-refractivity contribution is 8.00. The molecule has 2 aromatic heterocycles. The zero-order valence-corrected chi connectivity index (χ0v) is 15.9. The van der Waals surface area contributed by atoms with Gasteiger partial charge in [0.15, 0.2) is 5.78 Å². The molecule has 0 atom stereocenters. The number of carbonyl (C=O) groups is 1. The van der Waals surface area contributed by atoms with E-state index in [2.05, 4.69) is 27.7 Å². The summed E-state index contributed by atoms with van der Waals surface area (Å²) < 4.78 is 0. The summed E-state index contributed by atoms with van der Waals surface area (Å²) in [6, 6.07) is 9.42. The van der Waals surface area contributed by atoms with Gasteiger partial charge in [0.05, 0.1) is 5.75 Å². The molecule has 0 bridgehead atoms. The van der Waals surface area contributed by atoms with Gasteiger partial charge in [-0.3, -0.25) is 4.79 Å². The molecule has 5 heteroatoms. The lowest BCUT2D eigenvalue weighted by atomic mass is 10.2. The van der Waals surface area contributed by atoms with Crippen LogP contribution in [0, 0.1) is 13.8 Å². The Morgan fingerprint density at radius 1 is 1.17 bits per heavy atom. The van der Waals surface area contributed by atoms with Gasteiger partial charge in [-0.05, 0) is 19.4 Å². The van der Waals surface area contributed by atoms with Crippen molar-refractivity contribution in [1.82, 2.24) is 9.97 Å². The number of Topliss-reactive ketones (excluding diaryl/α,β-unsaturated/α-hetero) is 1. The maximum Gasteiger partial charge on any atom is 0.173 e. The maximum atomic E-state index is 12.4. The van der Waals surface area contributed by atoms with Crippen molar-refractivity contribution in [3.63, 3.8) is 0 Å². The molecular weight excluding hydrogens is 336 g/mol. The fourth-order valence-corrected chi connectivity index (χ4v) is 4.52. The third-order valence-corrected chi connectivity index (χ3v) is 6.04. The Bertz CT molecular complexity index is 885. The van der Waals surface area contributed by atoms with Crippen LogP contribution in [0.1, 0.15) is 46.4 Å². The topological polar surface area (TPSA) is 42.9 Å². The molecule has 0 fully saturated rings. The molecule has 0 unspecified atom stereocenters.